The summed E-state index contributed by atoms with van der Waals surface area (Å²) in [5.74, 6) is -2.43. The minimum atomic E-state index is -1.15. The summed E-state index contributed by atoms with van der Waals surface area (Å²) in [6.07, 6.45) is 0.678. The number of hydrogen-bond donors (Lipinski definition) is 0. The van der Waals surface area contributed by atoms with Crippen LogP contribution >= 0.6 is 0 Å². The molecule has 0 aromatic heterocycles. The molecule has 0 unspecified atom stereocenters. The van der Waals surface area contributed by atoms with Gasteiger partial charge in [0.15, 0.2) is 17.5 Å². The lowest BCUT2D eigenvalue weighted by atomic mass is 9.91. The van der Waals surface area contributed by atoms with Crippen LogP contribution in [0.2, 0.25) is 0 Å². The van der Waals surface area contributed by atoms with Crippen LogP contribution in [-0.4, -0.2) is 23.6 Å². The Bertz CT molecular complexity index is 240. The van der Waals surface area contributed by atoms with Crippen molar-refractivity contribution in [3.05, 3.63) is 0 Å². The van der Waals surface area contributed by atoms with E-state index in [4.69, 9.17) is 4.74 Å². The van der Waals surface area contributed by atoms with E-state index in [-0.39, 0.29) is 30.5 Å². The van der Waals surface area contributed by atoms with Crippen molar-refractivity contribution in [2.24, 2.45) is 5.92 Å². The quantitative estimate of drug-likeness (QED) is 0.499. The molecule has 14 heavy (non-hydrogen) atoms. The van der Waals surface area contributed by atoms with Crippen LogP contribution in [0, 0.1) is 5.92 Å². The van der Waals surface area contributed by atoms with Crippen LogP contribution in [0.1, 0.15) is 33.1 Å². The van der Waals surface area contributed by atoms with Gasteiger partial charge >= 0.3 is 5.97 Å². The first kappa shape index (κ1) is 10.9. The Hall–Kier alpha value is -1.19. The lowest BCUT2D eigenvalue weighted by Gasteiger charge is -2.23. The molecule has 0 radical (unpaired) electrons. The molecular formula is C10H14O4. The molecule has 1 fully saturated rings. The van der Waals surface area contributed by atoms with Crippen molar-refractivity contribution in [3.63, 3.8) is 0 Å². The zero-order valence-electron chi connectivity index (χ0n) is 8.41. The monoisotopic (exact) mass is 198 g/mol. The number of cyclic esters (lactones) is 1. The first-order chi connectivity index (χ1) is 6.56. The first-order valence-corrected chi connectivity index (χ1v) is 4.82. The van der Waals surface area contributed by atoms with E-state index in [2.05, 4.69) is 0 Å². The highest BCUT2D eigenvalue weighted by Crippen LogP contribution is 2.19. The van der Waals surface area contributed by atoms with E-state index in [1.807, 2.05) is 6.92 Å². The Labute approximate surface area is 82.6 Å². The van der Waals surface area contributed by atoms with Crippen LogP contribution < -0.4 is 0 Å². The minimum absolute atomic E-state index is 0.159. The molecule has 0 aliphatic carbocycles. The third-order valence-corrected chi connectivity index (χ3v) is 2.18. The SMILES string of the molecule is CCCC(=O)[C@@H]1C(=O)C[C@H](C)OC1=O. The zero-order valence-corrected chi connectivity index (χ0v) is 8.41. The number of rotatable bonds is 3. The second kappa shape index (κ2) is 4.35. The van der Waals surface area contributed by atoms with Crippen LogP contribution in [0.5, 0.6) is 0 Å². The number of ether oxygens (including phenoxy) is 1. The number of ketones is 2. The van der Waals surface area contributed by atoms with Gasteiger partial charge in [-0.15, -0.1) is 0 Å². The number of carbonyl (C=O) groups excluding carboxylic acids is 3. The normalized spacial score (nSPS) is 27.3. The van der Waals surface area contributed by atoms with Gasteiger partial charge in [-0.25, -0.2) is 0 Å². The molecule has 1 aliphatic rings. The molecule has 0 spiro atoms. The number of hydrogen-bond acceptors (Lipinski definition) is 4. The largest absolute Gasteiger partial charge is 0.461 e. The predicted molar refractivity (Wildman–Crippen MR) is 48.6 cm³/mol. The standard InChI is InChI=1S/C10H14O4/c1-3-4-7(11)9-8(12)5-6(2)14-10(9)13/h6,9H,3-5H2,1-2H3/t6-,9+/m0/s1. The van der Waals surface area contributed by atoms with Gasteiger partial charge in [0, 0.05) is 12.8 Å². The molecule has 0 bridgehead atoms. The first-order valence-electron chi connectivity index (χ1n) is 4.82. The lowest BCUT2D eigenvalue weighted by molar-refractivity contribution is -0.165. The van der Waals surface area contributed by atoms with Gasteiger partial charge < -0.3 is 4.74 Å². The van der Waals surface area contributed by atoms with Crippen molar-refractivity contribution in [1.29, 1.82) is 0 Å². The predicted octanol–water partition coefficient (Wildman–Crippen LogP) is 0.876. The molecule has 0 saturated carbocycles. The van der Waals surface area contributed by atoms with Crippen LogP contribution in [0.3, 0.4) is 0 Å². The minimum Gasteiger partial charge on any atom is -0.461 e. The molecular weight excluding hydrogens is 184 g/mol. The summed E-state index contributed by atoms with van der Waals surface area (Å²) >= 11 is 0. The van der Waals surface area contributed by atoms with Crippen molar-refractivity contribution in [3.8, 4) is 0 Å². The molecule has 78 valence electrons. The Morgan fingerprint density at radius 3 is 2.64 bits per heavy atom. The van der Waals surface area contributed by atoms with Gasteiger partial charge in [-0.3, -0.25) is 14.4 Å². The number of Topliss-reactive ketones (excluding diaryl/α,β-unsaturated/α-hetero) is 2. The maximum atomic E-state index is 11.4. The summed E-state index contributed by atoms with van der Waals surface area (Å²) in [6.45, 7) is 3.48. The van der Waals surface area contributed by atoms with Gasteiger partial charge in [-0.1, -0.05) is 6.92 Å². The highest BCUT2D eigenvalue weighted by molar-refractivity contribution is 6.18. The van der Waals surface area contributed by atoms with Crippen molar-refractivity contribution in [1.82, 2.24) is 0 Å². The summed E-state index contributed by atoms with van der Waals surface area (Å²) in [4.78, 5) is 34.1. The maximum absolute atomic E-state index is 11.4. The third-order valence-electron chi connectivity index (χ3n) is 2.18. The van der Waals surface area contributed by atoms with E-state index >= 15 is 0 Å². The topological polar surface area (TPSA) is 60.4 Å². The van der Waals surface area contributed by atoms with Gasteiger partial charge in [0.2, 0.25) is 0 Å². The van der Waals surface area contributed by atoms with Crippen LogP contribution in [0.25, 0.3) is 0 Å². The smallest absolute Gasteiger partial charge is 0.324 e. The van der Waals surface area contributed by atoms with Crippen LogP contribution in [0.4, 0.5) is 0 Å². The third kappa shape index (κ3) is 2.19. The van der Waals surface area contributed by atoms with E-state index in [0.717, 1.165) is 0 Å². The lowest BCUT2D eigenvalue weighted by Crippen LogP contribution is -2.41. The van der Waals surface area contributed by atoms with Crippen molar-refractivity contribution < 1.29 is 19.1 Å². The molecule has 0 aromatic rings. The molecule has 0 N–H and O–H groups in total. The number of carbonyl (C=O) groups is 3. The second-order valence-corrected chi connectivity index (χ2v) is 3.57. The molecule has 1 aliphatic heterocycles. The maximum Gasteiger partial charge on any atom is 0.324 e. The summed E-state index contributed by atoms with van der Waals surface area (Å²) < 4.78 is 4.86. The molecule has 4 nitrogen and oxygen atoms in total. The Balaban J connectivity index is 2.72. The fraction of sp³-hybridized carbons (Fsp3) is 0.700. The Morgan fingerprint density at radius 2 is 2.14 bits per heavy atom. The average Bonchev–Trinajstić information content (AvgIpc) is 2.01. The summed E-state index contributed by atoms with van der Waals surface area (Å²) in [7, 11) is 0. The number of esters is 1. The summed E-state index contributed by atoms with van der Waals surface area (Å²) in [5, 5.41) is 0. The fourth-order valence-electron chi connectivity index (χ4n) is 1.54. The Kier molecular flexibility index (Phi) is 3.38. The van der Waals surface area contributed by atoms with E-state index in [1.54, 1.807) is 6.92 Å². The molecule has 0 amide bonds. The molecule has 1 saturated heterocycles. The zero-order chi connectivity index (χ0) is 10.7. The average molecular weight is 198 g/mol. The highest BCUT2D eigenvalue weighted by Gasteiger charge is 2.39. The van der Waals surface area contributed by atoms with Crippen LogP contribution in [0.15, 0.2) is 0 Å². The van der Waals surface area contributed by atoms with Gasteiger partial charge in [0.1, 0.15) is 6.10 Å². The van der Waals surface area contributed by atoms with E-state index in [9.17, 15) is 14.4 Å². The van der Waals surface area contributed by atoms with Crippen molar-refractivity contribution in [2.75, 3.05) is 0 Å². The van der Waals surface area contributed by atoms with Gasteiger partial charge in [0.25, 0.3) is 0 Å². The molecule has 0 aromatic carbocycles. The molecule has 1 heterocycles. The molecule has 1 rings (SSSR count). The van der Waals surface area contributed by atoms with E-state index < -0.39 is 11.9 Å². The van der Waals surface area contributed by atoms with E-state index in [1.165, 1.54) is 0 Å². The summed E-state index contributed by atoms with van der Waals surface area (Å²) in [5.41, 5.74) is 0. The van der Waals surface area contributed by atoms with Gasteiger partial charge in [0.05, 0.1) is 0 Å². The fourth-order valence-corrected chi connectivity index (χ4v) is 1.54. The van der Waals surface area contributed by atoms with Gasteiger partial charge in [-0.2, -0.15) is 0 Å². The molecule has 4 heteroatoms. The summed E-state index contributed by atoms with van der Waals surface area (Å²) in [6, 6.07) is 0. The molecule has 2 atom stereocenters. The highest BCUT2D eigenvalue weighted by atomic mass is 16.5. The van der Waals surface area contributed by atoms with E-state index in [0.29, 0.717) is 6.42 Å². The van der Waals surface area contributed by atoms with Gasteiger partial charge in [-0.05, 0) is 13.3 Å². The van der Waals surface area contributed by atoms with Crippen molar-refractivity contribution >= 4 is 17.5 Å². The van der Waals surface area contributed by atoms with Crippen LogP contribution in [-0.2, 0) is 19.1 Å². The second-order valence-electron chi connectivity index (χ2n) is 3.57. The van der Waals surface area contributed by atoms with Crippen molar-refractivity contribution in [2.45, 2.75) is 39.2 Å². The Morgan fingerprint density at radius 1 is 1.50 bits per heavy atom.